The van der Waals surface area contributed by atoms with Crippen molar-refractivity contribution in [2.45, 2.75) is 38.6 Å². The molecule has 0 fully saturated rings. The predicted molar refractivity (Wildman–Crippen MR) is 111 cm³/mol. The standard InChI is InChI=1S/C23H28N2O4/c1-23(2,18-7-9-20-22(13-18)29-16-28-20)15-25-14-17-6-8-19(26-3)21(12-17)27-11-5-4-10-24/h6-9,12-13,25H,4-5,11,14-16H2,1-3H3. The topological polar surface area (TPSA) is 72.7 Å². The lowest BCUT2D eigenvalue weighted by atomic mass is 9.84. The van der Waals surface area contributed by atoms with E-state index in [0.717, 1.165) is 23.6 Å². The van der Waals surface area contributed by atoms with Gasteiger partial charge in [0.1, 0.15) is 0 Å². The monoisotopic (exact) mass is 396 g/mol. The maximum absolute atomic E-state index is 8.65. The van der Waals surface area contributed by atoms with Gasteiger partial charge in [0.05, 0.1) is 19.8 Å². The molecule has 1 aliphatic heterocycles. The Morgan fingerprint density at radius 3 is 2.72 bits per heavy atom. The molecule has 3 rings (SSSR count). The van der Waals surface area contributed by atoms with Crippen molar-refractivity contribution in [3.63, 3.8) is 0 Å². The zero-order valence-electron chi connectivity index (χ0n) is 17.3. The zero-order valence-corrected chi connectivity index (χ0v) is 17.3. The summed E-state index contributed by atoms with van der Waals surface area (Å²) in [5, 5.41) is 12.2. The third-order valence-electron chi connectivity index (χ3n) is 4.97. The number of ether oxygens (including phenoxy) is 4. The number of rotatable bonds is 10. The Balaban J connectivity index is 1.58. The van der Waals surface area contributed by atoms with Crippen molar-refractivity contribution in [2.75, 3.05) is 27.1 Å². The normalized spacial score (nSPS) is 12.5. The molecular weight excluding hydrogens is 368 g/mol. The first-order valence-electron chi connectivity index (χ1n) is 9.81. The van der Waals surface area contributed by atoms with Crippen LogP contribution in [0.25, 0.3) is 0 Å². The molecule has 29 heavy (non-hydrogen) atoms. The second-order valence-electron chi connectivity index (χ2n) is 7.65. The number of unbranched alkanes of at least 4 members (excludes halogenated alkanes) is 1. The molecule has 0 bridgehead atoms. The molecule has 6 heteroatoms. The van der Waals surface area contributed by atoms with Gasteiger partial charge < -0.3 is 24.3 Å². The minimum atomic E-state index is -0.0654. The SMILES string of the molecule is COc1ccc(CNCC(C)(C)c2ccc3c(c2)OCO3)cc1OCCCC#N. The van der Waals surface area contributed by atoms with Gasteiger partial charge in [-0.3, -0.25) is 0 Å². The van der Waals surface area contributed by atoms with Gasteiger partial charge in [-0.1, -0.05) is 26.0 Å². The lowest BCUT2D eigenvalue weighted by Gasteiger charge is -2.26. The van der Waals surface area contributed by atoms with Crippen LogP contribution in [-0.4, -0.2) is 27.1 Å². The number of hydrogen-bond acceptors (Lipinski definition) is 6. The molecule has 0 aliphatic carbocycles. The van der Waals surface area contributed by atoms with Gasteiger partial charge in [-0.2, -0.15) is 5.26 Å². The van der Waals surface area contributed by atoms with E-state index in [0.29, 0.717) is 37.5 Å². The molecule has 0 saturated carbocycles. The fourth-order valence-electron chi connectivity index (χ4n) is 3.22. The summed E-state index contributed by atoms with van der Waals surface area (Å²) in [7, 11) is 1.63. The summed E-state index contributed by atoms with van der Waals surface area (Å²) in [5.74, 6) is 3.02. The van der Waals surface area contributed by atoms with E-state index in [1.54, 1.807) is 7.11 Å². The van der Waals surface area contributed by atoms with E-state index in [1.807, 2.05) is 24.3 Å². The van der Waals surface area contributed by atoms with Gasteiger partial charge in [-0.15, -0.1) is 0 Å². The van der Waals surface area contributed by atoms with E-state index < -0.39 is 0 Å². The first-order chi connectivity index (χ1) is 14.0. The second-order valence-corrected chi connectivity index (χ2v) is 7.65. The molecule has 0 saturated heterocycles. The average Bonchev–Trinajstić information content (AvgIpc) is 3.19. The lowest BCUT2D eigenvalue weighted by molar-refractivity contribution is 0.174. The summed E-state index contributed by atoms with van der Waals surface area (Å²) in [5.41, 5.74) is 2.25. The van der Waals surface area contributed by atoms with Crippen LogP contribution in [0.3, 0.4) is 0 Å². The number of nitriles is 1. The van der Waals surface area contributed by atoms with Crippen LogP contribution in [0.1, 0.15) is 37.8 Å². The van der Waals surface area contributed by atoms with Gasteiger partial charge in [-0.05, 0) is 41.8 Å². The molecular formula is C23H28N2O4. The van der Waals surface area contributed by atoms with Gasteiger partial charge in [-0.25, -0.2) is 0 Å². The summed E-state index contributed by atoms with van der Waals surface area (Å²) in [6.07, 6.45) is 1.18. The van der Waals surface area contributed by atoms with Crippen molar-refractivity contribution >= 4 is 0 Å². The van der Waals surface area contributed by atoms with E-state index in [4.69, 9.17) is 24.2 Å². The van der Waals surface area contributed by atoms with Crippen LogP contribution in [-0.2, 0) is 12.0 Å². The van der Waals surface area contributed by atoms with Crippen LogP contribution >= 0.6 is 0 Å². The highest BCUT2D eigenvalue weighted by Crippen LogP contribution is 2.36. The molecule has 0 spiro atoms. The Bertz CT molecular complexity index is 874. The fourth-order valence-corrected chi connectivity index (χ4v) is 3.22. The number of hydrogen-bond donors (Lipinski definition) is 1. The molecule has 0 radical (unpaired) electrons. The molecule has 0 aromatic heterocycles. The van der Waals surface area contributed by atoms with Crippen LogP contribution in [0.2, 0.25) is 0 Å². The van der Waals surface area contributed by atoms with Crippen molar-refractivity contribution in [2.24, 2.45) is 0 Å². The highest BCUT2D eigenvalue weighted by atomic mass is 16.7. The summed E-state index contributed by atoms with van der Waals surface area (Å²) in [6, 6.07) is 14.2. The Kier molecular flexibility index (Phi) is 6.84. The molecule has 2 aromatic rings. The molecule has 0 unspecified atom stereocenters. The molecule has 1 N–H and O–H groups in total. The first kappa shape index (κ1) is 20.8. The summed E-state index contributed by atoms with van der Waals surface area (Å²) in [6.45, 7) is 6.71. The minimum Gasteiger partial charge on any atom is -0.493 e. The zero-order chi connectivity index (χ0) is 20.7. The van der Waals surface area contributed by atoms with Crippen LogP contribution in [0, 0.1) is 11.3 Å². The fraction of sp³-hybridized carbons (Fsp3) is 0.435. The third kappa shape index (κ3) is 5.33. The van der Waals surface area contributed by atoms with Crippen molar-refractivity contribution in [1.29, 1.82) is 5.26 Å². The smallest absolute Gasteiger partial charge is 0.231 e. The Morgan fingerprint density at radius 1 is 1.10 bits per heavy atom. The Labute approximate surface area is 172 Å². The van der Waals surface area contributed by atoms with E-state index in [1.165, 1.54) is 5.56 Å². The number of methoxy groups -OCH3 is 1. The first-order valence-corrected chi connectivity index (χ1v) is 9.81. The minimum absolute atomic E-state index is 0.0654. The van der Waals surface area contributed by atoms with Crippen LogP contribution < -0.4 is 24.3 Å². The Hall–Kier alpha value is -2.91. The third-order valence-corrected chi connectivity index (χ3v) is 4.97. The molecule has 1 heterocycles. The van der Waals surface area contributed by atoms with Gasteiger partial charge in [0.15, 0.2) is 23.0 Å². The predicted octanol–water partition coefficient (Wildman–Crippen LogP) is 4.17. The molecule has 154 valence electrons. The second kappa shape index (κ2) is 9.53. The van der Waals surface area contributed by atoms with Crippen molar-refractivity contribution in [1.82, 2.24) is 5.32 Å². The van der Waals surface area contributed by atoms with Crippen molar-refractivity contribution in [3.8, 4) is 29.1 Å². The average molecular weight is 396 g/mol. The summed E-state index contributed by atoms with van der Waals surface area (Å²) < 4.78 is 22.1. The van der Waals surface area contributed by atoms with Crippen molar-refractivity contribution < 1.29 is 18.9 Å². The van der Waals surface area contributed by atoms with E-state index in [2.05, 4.69) is 37.4 Å². The maximum atomic E-state index is 8.65. The van der Waals surface area contributed by atoms with E-state index >= 15 is 0 Å². The van der Waals surface area contributed by atoms with E-state index in [-0.39, 0.29) is 12.2 Å². The number of fused-ring (bicyclic) bond motifs is 1. The maximum Gasteiger partial charge on any atom is 0.231 e. The molecule has 0 atom stereocenters. The van der Waals surface area contributed by atoms with Gasteiger partial charge >= 0.3 is 0 Å². The van der Waals surface area contributed by atoms with Crippen LogP contribution in [0.15, 0.2) is 36.4 Å². The number of nitrogens with zero attached hydrogens (tertiary/aromatic N) is 1. The Morgan fingerprint density at radius 2 is 1.93 bits per heavy atom. The quantitative estimate of drug-likeness (QED) is 0.608. The van der Waals surface area contributed by atoms with Crippen LogP contribution in [0.4, 0.5) is 0 Å². The lowest BCUT2D eigenvalue weighted by Crippen LogP contribution is -2.32. The number of benzene rings is 2. The van der Waals surface area contributed by atoms with Gasteiger partial charge in [0.2, 0.25) is 6.79 Å². The molecule has 2 aromatic carbocycles. The van der Waals surface area contributed by atoms with Gasteiger partial charge in [0, 0.05) is 24.9 Å². The van der Waals surface area contributed by atoms with Gasteiger partial charge in [0.25, 0.3) is 0 Å². The summed E-state index contributed by atoms with van der Waals surface area (Å²) in [4.78, 5) is 0. The van der Waals surface area contributed by atoms with Crippen LogP contribution in [0.5, 0.6) is 23.0 Å². The number of nitrogens with one attached hydrogen (secondary N) is 1. The molecule has 0 amide bonds. The summed E-state index contributed by atoms with van der Waals surface area (Å²) >= 11 is 0. The largest absolute Gasteiger partial charge is 0.493 e. The highest BCUT2D eigenvalue weighted by Gasteiger charge is 2.23. The highest BCUT2D eigenvalue weighted by molar-refractivity contribution is 5.46. The molecule has 6 nitrogen and oxygen atoms in total. The van der Waals surface area contributed by atoms with Crippen molar-refractivity contribution in [3.05, 3.63) is 47.5 Å². The molecule has 1 aliphatic rings. The van der Waals surface area contributed by atoms with E-state index in [9.17, 15) is 0 Å².